The SMILES string of the molecule is O=C(CN1CCOCC1)Nc1nc2ccc(Sc3nnc4ccc(OC5CCC5)nn34)cc2s1. The molecule has 1 aliphatic heterocycles. The fraction of sp³-hybridized carbons (Fsp3) is 0.409. The van der Waals surface area contributed by atoms with Crippen molar-refractivity contribution in [1.82, 2.24) is 29.7 Å². The summed E-state index contributed by atoms with van der Waals surface area (Å²) in [5.41, 5.74) is 1.52. The number of carbonyl (C=O) groups is 1. The number of nitrogens with one attached hydrogen (secondary N) is 1. The lowest BCUT2D eigenvalue weighted by atomic mass is 9.96. The molecular weight excluding hydrogens is 474 g/mol. The van der Waals surface area contributed by atoms with Crippen molar-refractivity contribution >= 4 is 50.0 Å². The van der Waals surface area contributed by atoms with Gasteiger partial charge in [-0.3, -0.25) is 9.69 Å². The van der Waals surface area contributed by atoms with Gasteiger partial charge < -0.3 is 14.8 Å². The zero-order valence-electron chi connectivity index (χ0n) is 18.3. The topological polar surface area (TPSA) is 107 Å². The van der Waals surface area contributed by atoms with Crippen LogP contribution in [0.2, 0.25) is 0 Å². The van der Waals surface area contributed by atoms with Gasteiger partial charge in [0.2, 0.25) is 16.9 Å². The number of aromatic nitrogens is 5. The lowest BCUT2D eigenvalue weighted by molar-refractivity contribution is -0.118. The van der Waals surface area contributed by atoms with Crippen LogP contribution in [-0.4, -0.2) is 74.6 Å². The molecule has 34 heavy (non-hydrogen) atoms. The zero-order valence-corrected chi connectivity index (χ0v) is 20.0. The quantitative estimate of drug-likeness (QED) is 0.412. The summed E-state index contributed by atoms with van der Waals surface area (Å²) in [6, 6.07) is 9.70. The summed E-state index contributed by atoms with van der Waals surface area (Å²) in [6.45, 7) is 3.23. The summed E-state index contributed by atoms with van der Waals surface area (Å²) in [5, 5.41) is 17.3. The summed E-state index contributed by atoms with van der Waals surface area (Å²) in [7, 11) is 0. The van der Waals surface area contributed by atoms with Crippen LogP contribution in [0.15, 0.2) is 40.4 Å². The van der Waals surface area contributed by atoms with Crippen LogP contribution in [0, 0.1) is 0 Å². The number of rotatable bonds is 7. The fourth-order valence-electron chi connectivity index (χ4n) is 3.79. The van der Waals surface area contributed by atoms with Gasteiger partial charge in [-0.25, -0.2) is 4.98 Å². The number of fused-ring (bicyclic) bond motifs is 2. The minimum atomic E-state index is -0.0588. The van der Waals surface area contributed by atoms with E-state index in [9.17, 15) is 4.79 Å². The number of hydrogen-bond donors (Lipinski definition) is 1. The normalized spacial score (nSPS) is 17.2. The van der Waals surface area contributed by atoms with Crippen molar-refractivity contribution < 1.29 is 14.3 Å². The van der Waals surface area contributed by atoms with E-state index in [1.54, 1.807) is 4.52 Å². The summed E-state index contributed by atoms with van der Waals surface area (Å²) < 4.78 is 14.0. The van der Waals surface area contributed by atoms with E-state index in [-0.39, 0.29) is 12.0 Å². The minimum Gasteiger partial charge on any atom is -0.473 e. The molecule has 1 aliphatic carbocycles. The standard InChI is InChI=1S/C22H23N7O3S2/c30-19(13-28-8-10-31-11-9-28)24-21-23-16-5-4-15(12-17(16)34-21)33-22-26-25-18-6-7-20(27-29(18)22)32-14-2-1-3-14/h4-7,12,14H,1-3,8-11,13H2,(H,23,24,30). The molecule has 1 aromatic carbocycles. The van der Waals surface area contributed by atoms with Gasteiger partial charge in [0.05, 0.1) is 30.0 Å². The van der Waals surface area contributed by atoms with Gasteiger partial charge in [0.25, 0.3) is 0 Å². The highest BCUT2D eigenvalue weighted by molar-refractivity contribution is 7.99. The van der Waals surface area contributed by atoms with E-state index >= 15 is 0 Å². The van der Waals surface area contributed by atoms with Crippen LogP contribution in [0.4, 0.5) is 5.13 Å². The van der Waals surface area contributed by atoms with E-state index in [1.807, 2.05) is 30.3 Å². The average molecular weight is 498 g/mol. The van der Waals surface area contributed by atoms with Gasteiger partial charge >= 0.3 is 0 Å². The molecule has 12 heteroatoms. The van der Waals surface area contributed by atoms with Crippen LogP contribution in [-0.2, 0) is 9.53 Å². The smallest absolute Gasteiger partial charge is 0.240 e. The molecule has 1 N–H and O–H groups in total. The van der Waals surface area contributed by atoms with E-state index in [0.717, 1.165) is 41.0 Å². The molecule has 3 aromatic heterocycles. The zero-order chi connectivity index (χ0) is 22.9. The predicted octanol–water partition coefficient (Wildman–Crippen LogP) is 3.09. The molecule has 2 aliphatic rings. The summed E-state index contributed by atoms with van der Waals surface area (Å²) >= 11 is 2.93. The maximum Gasteiger partial charge on any atom is 0.240 e. The third kappa shape index (κ3) is 4.71. The van der Waals surface area contributed by atoms with Crippen LogP contribution in [0.5, 0.6) is 5.88 Å². The first-order valence-electron chi connectivity index (χ1n) is 11.3. The van der Waals surface area contributed by atoms with Crippen LogP contribution in [0.3, 0.4) is 0 Å². The second kappa shape index (κ2) is 9.45. The number of carbonyl (C=O) groups excluding carboxylic acids is 1. The second-order valence-corrected chi connectivity index (χ2v) is 10.4. The van der Waals surface area contributed by atoms with E-state index in [4.69, 9.17) is 9.47 Å². The summed E-state index contributed by atoms with van der Waals surface area (Å²) in [5.74, 6) is 0.533. The molecule has 2 fully saturated rings. The monoisotopic (exact) mass is 497 g/mol. The van der Waals surface area contributed by atoms with Crippen molar-refractivity contribution in [2.75, 3.05) is 38.2 Å². The van der Waals surface area contributed by atoms with Crippen molar-refractivity contribution in [3.8, 4) is 5.88 Å². The molecule has 1 amide bonds. The maximum absolute atomic E-state index is 12.4. The van der Waals surface area contributed by atoms with Gasteiger partial charge in [-0.1, -0.05) is 11.3 Å². The molecule has 176 valence electrons. The first-order valence-corrected chi connectivity index (χ1v) is 12.9. The number of ether oxygens (including phenoxy) is 2. The Labute approximate surface area is 203 Å². The van der Waals surface area contributed by atoms with E-state index in [1.165, 1.54) is 29.5 Å². The highest BCUT2D eigenvalue weighted by atomic mass is 32.2. The Morgan fingerprint density at radius 3 is 2.91 bits per heavy atom. The Morgan fingerprint density at radius 2 is 2.09 bits per heavy atom. The van der Waals surface area contributed by atoms with Crippen molar-refractivity contribution in [3.63, 3.8) is 0 Å². The van der Waals surface area contributed by atoms with Gasteiger partial charge in [0, 0.05) is 24.1 Å². The van der Waals surface area contributed by atoms with Crippen molar-refractivity contribution in [2.45, 2.75) is 35.4 Å². The van der Waals surface area contributed by atoms with Crippen molar-refractivity contribution in [2.24, 2.45) is 0 Å². The molecule has 0 atom stereocenters. The molecule has 0 bridgehead atoms. The highest BCUT2D eigenvalue weighted by Crippen LogP contribution is 2.33. The van der Waals surface area contributed by atoms with Gasteiger partial charge in [-0.15, -0.1) is 15.3 Å². The van der Waals surface area contributed by atoms with E-state index in [0.29, 0.717) is 41.6 Å². The minimum absolute atomic E-state index is 0.0588. The number of amides is 1. The Morgan fingerprint density at radius 1 is 1.21 bits per heavy atom. The Balaban J connectivity index is 1.16. The molecule has 4 heterocycles. The number of anilines is 1. The average Bonchev–Trinajstić information content (AvgIpc) is 3.39. The summed E-state index contributed by atoms with van der Waals surface area (Å²) in [6.07, 6.45) is 3.62. The fourth-order valence-corrected chi connectivity index (χ4v) is 5.61. The number of nitrogens with zero attached hydrogens (tertiary/aromatic N) is 6. The number of thiazole rings is 1. The Kier molecular flexibility index (Phi) is 6.04. The van der Waals surface area contributed by atoms with Gasteiger partial charge in [0.1, 0.15) is 6.10 Å². The number of hydrogen-bond acceptors (Lipinski definition) is 10. The molecule has 6 rings (SSSR count). The molecule has 1 saturated heterocycles. The molecule has 0 radical (unpaired) electrons. The van der Waals surface area contributed by atoms with Crippen molar-refractivity contribution in [1.29, 1.82) is 0 Å². The largest absolute Gasteiger partial charge is 0.473 e. The van der Waals surface area contributed by atoms with Crippen molar-refractivity contribution in [3.05, 3.63) is 30.3 Å². The Hall–Kier alpha value is -2.80. The number of morpholine rings is 1. The van der Waals surface area contributed by atoms with Gasteiger partial charge in [0.15, 0.2) is 10.8 Å². The van der Waals surface area contributed by atoms with Crippen LogP contribution in [0.1, 0.15) is 19.3 Å². The molecule has 0 spiro atoms. The first-order chi connectivity index (χ1) is 16.7. The number of benzene rings is 1. The van der Waals surface area contributed by atoms with Gasteiger partial charge in [-0.05, 0) is 55.3 Å². The van der Waals surface area contributed by atoms with Gasteiger partial charge in [-0.2, -0.15) is 4.52 Å². The van der Waals surface area contributed by atoms with Crippen LogP contribution in [0.25, 0.3) is 15.9 Å². The maximum atomic E-state index is 12.4. The molecule has 10 nitrogen and oxygen atoms in total. The third-order valence-electron chi connectivity index (χ3n) is 5.84. The predicted molar refractivity (Wildman–Crippen MR) is 129 cm³/mol. The highest BCUT2D eigenvalue weighted by Gasteiger charge is 2.20. The molecule has 1 saturated carbocycles. The lowest BCUT2D eigenvalue weighted by Crippen LogP contribution is -2.41. The second-order valence-electron chi connectivity index (χ2n) is 8.28. The molecular formula is C22H23N7O3S2. The van der Waals surface area contributed by atoms with Crippen LogP contribution < -0.4 is 10.1 Å². The molecule has 4 aromatic rings. The lowest BCUT2D eigenvalue weighted by Gasteiger charge is -2.25. The Bertz CT molecular complexity index is 1330. The van der Waals surface area contributed by atoms with E-state index < -0.39 is 0 Å². The third-order valence-corrected chi connectivity index (χ3v) is 7.70. The van der Waals surface area contributed by atoms with E-state index in [2.05, 4.69) is 30.5 Å². The summed E-state index contributed by atoms with van der Waals surface area (Å²) in [4.78, 5) is 20.0. The molecule has 0 unspecified atom stereocenters. The van der Waals surface area contributed by atoms with Crippen LogP contribution >= 0.6 is 23.1 Å². The first kappa shape index (κ1) is 21.7.